The molecule has 0 saturated carbocycles. The van der Waals surface area contributed by atoms with Gasteiger partial charge in [0.15, 0.2) is 0 Å². The molecule has 1 amide bonds. The van der Waals surface area contributed by atoms with Crippen LogP contribution in [0.3, 0.4) is 0 Å². The lowest BCUT2D eigenvalue weighted by Crippen LogP contribution is -2.51. The van der Waals surface area contributed by atoms with Crippen molar-refractivity contribution in [3.8, 4) is 0 Å². The Balaban J connectivity index is 0.00000200. The zero-order valence-corrected chi connectivity index (χ0v) is 14.4. The summed E-state index contributed by atoms with van der Waals surface area (Å²) < 4.78 is 5.29. The fourth-order valence-corrected chi connectivity index (χ4v) is 2.85. The number of carbonyl (C=O) groups is 1. The van der Waals surface area contributed by atoms with Crippen molar-refractivity contribution in [3.63, 3.8) is 0 Å². The Labute approximate surface area is 140 Å². The highest BCUT2D eigenvalue weighted by atomic mass is 35.5. The molecule has 0 aliphatic carbocycles. The van der Waals surface area contributed by atoms with Crippen molar-refractivity contribution in [3.05, 3.63) is 0 Å². The van der Waals surface area contributed by atoms with Gasteiger partial charge in [0, 0.05) is 13.1 Å². The average Bonchev–Trinajstić information content (AvgIpc) is 2.49. The van der Waals surface area contributed by atoms with E-state index in [0.717, 1.165) is 32.0 Å². The third-order valence-corrected chi connectivity index (χ3v) is 4.24. The number of piperidine rings is 1. The molecule has 0 radical (unpaired) electrons. The van der Waals surface area contributed by atoms with Gasteiger partial charge in [-0.25, -0.2) is 0 Å². The second-order valence-corrected chi connectivity index (χ2v) is 5.54. The van der Waals surface area contributed by atoms with E-state index >= 15 is 0 Å². The minimum Gasteiger partial charge on any atom is -0.378 e. The van der Waals surface area contributed by atoms with Gasteiger partial charge in [0.1, 0.15) is 6.04 Å². The van der Waals surface area contributed by atoms with Gasteiger partial charge >= 0.3 is 0 Å². The van der Waals surface area contributed by atoms with Gasteiger partial charge in [-0.05, 0) is 44.8 Å². The van der Waals surface area contributed by atoms with Crippen LogP contribution in [-0.4, -0.2) is 62.8 Å². The van der Waals surface area contributed by atoms with E-state index in [1.54, 1.807) is 0 Å². The third kappa shape index (κ3) is 7.15. The average molecular weight is 342 g/mol. The number of nitrogens with zero attached hydrogens (tertiary/aromatic N) is 1. The summed E-state index contributed by atoms with van der Waals surface area (Å²) in [4.78, 5) is 14.4. The van der Waals surface area contributed by atoms with Crippen LogP contribution >= 0.6 is 24.8 Å². The lowest BCUT2D eigenvalue weighted by molar-refractivity contribution is -0.125. The fraction of sp³-hybridized carbons (Fsp3) is 0.929. The highest BCUT2D eigenvalue weighted by Crippen LogP contribution is 2.19. The number of carbonyl (C=O) groups excluding carboxylic acids is 1. The molecule has 5 nitrogen and oxygen atoms in total. The SMILES string of the molecule is CCN1CCC(CCNC(=O)C2COCCN2)CC1.Cl.Cl. The van der Waals surface area contributed by atoms with Gasteiger partial charge in [-0.2, -0.15) is 0 Å². The largest absolute Gasteiger partial charge is 0.378 e. The van der Waals surface area contributed by atoms with Gasteiger partial charge in [0.2, 0.25) is 5.91 Å². The summed E-state index contributed by atoms with van der Waals surface area (Å²) >= 11 is 0. The van der Waals surface area contributed by atoms with Crippen LogP contribution in [0.5, 0.6) is 0 Å². The fourth-order valence-electron chi connectivity index (χ4n) is 2.85. The van der Waals surface area contributed by atoms with Crippen LogP contribution < -0.4 is 10.6 Å². The zero-order chi connectivity index (χ0) is 13.5. The summed E-state index contributed by atoms with van der Waals surface area (Å²) in [5, 5.41) is 6.21. The number of amides is 1. The third-order valence-electron chi connectivity index (χ3n) is 4.24. The van der Waals surface area contributed by atoms with E-state index in [2.05, 4.69) is 22.5 Å². The molecule has 1 atom stereocenters. The lowest BCUT2D eigenvalue weighted by Gasteiger charge is -2.31. The molecule has 2 aliphatic heterocycles. The van der Waals surface area contributed by atoms with E-state index in [9.17, 15) is 4.79 Å². The smallest absolute Gasteiger partial charge is 0.239 e. The van der Waals surface area contributed by atoms with Crippen LogP contribution in [0.2, 0.25) is 0 Å². The summed E-state index contributed by atoms with van der Waals surface area (Å²) in [6.45, 7) is 8.60. The number of ether oxygens (including phenoxy) is 1. The van der Waals surface area contributed by atoms with Crippen LogP contribution in [-0.2, 0) is 9.53 Å². The number of hydrogen-bond donors (Lipinski definition) is 2. The predicted molar refractivity (Wildman–Crippen MR) is 89.6 cm³/mol. The molecule has 0 bridgehead atoms. The first-order chi connectivity index (χ1) is 9.29. The van der Waals surface area contributed by atoms with Gasteiger partial charge in [-0.1, -0.05) is 6.92 Å². The Morgan fingerprint density at radius 1 is 1.33 bits per heavy atom. The molecule has 1 unspecified atom stereocenters. The molecule has 126 valence electrons. The Morgan fingerprint density at radius 3 is 2.62 bits per heavy atom. The molecule has 0 aromatic carbocycles. The molecular formula is C14H29Cl2N3O2. The van der Waals surface area contributed by atoms with E-state index in [4.69, 9.17) is 4.74 Å². The number of hydrogen-bond acceptors (Lipinski definition) is 4. The monoisotopic (exact) mass is 341 g/mol. The van der Waals surface area contributed by atoms with Crippen molar-refractivity contribution in [2.24, 2.45) is 5.92 Å². The number of nitrogens with one attached hydrogen (secondary N) is 2. The maximum Gasteiger partial charge on any atom is 0.239 e. The van der Waals surface area contributed by atoms with Crippen molar-refractivity contribution in [1.82, 2.24) is 15.5 Å². The van der Waals surface area contributed by atoms with E-state index in [1.807, 2.05) is 0 Å². The maximum atomic E-state index is 11.9. The molecule has 0 spiro atoms. The molecule has 0 aromatic rings. The van der Waals surface area contributed by atoms with E-state index in [-0.39, 0.29) is 36.8 Å². The minimum atomic E-state index is -0.157. The van der Waals surface area contributed by atoms with Gasteiger partial charge in [0.25, 0.3) is 0 Å². The van der Waals surface area contributed by atoms with E-state index < -0.39 is 0 Å². The first-order valence-corrected chi connectivity index (χ1v) is 7.60. The van der Waals surface area contributed by atoms with Crippen molar-refractivity contribution in [2.45, 2.75) is 32.2 Å². The van der Waals surface area contributed by atoms with Gasteiger partial charge in [-0.3, -0.25) is 4.79 Å². The summed E-state index contributed by atoms with van der Waals surface area (Å²) in [7, 11) is 0. The van der Waals surface area contributed by atoms with Crippen molar-refractivity contribution >= 4 is 30.7 Å². The Bertz CT molecular complexity index is 281. The second-order valence-electron chi connectivity index (χ2n) is 5.54. The lowest BCUT2D eigenvalue weighted by atomic mass is 9.93. The highest BCUT2D eigenvalue weighted by molar-refractivity contribution is 5.85. The summed E-state index contributed by atoms with van der Waals surface area (Å²) in [6.07, 6.45) is 3.65. The van der Waals surface area contributed by atoms with Gasteiger partial charge in [-0.15, -0.1) is 24.8 Å². The maximum absolute atomic E-state index is 11.9. The Kier molecular flexibility index (Phi) is 11.5. The van der Waals surface area contributed by atoms with Crippen LogP contribution in [0.15, 0.2) is 0 Å². The first kappa shape index (κ1) is 20.9. The predicted octanol–water partition coefficient (Wildman–Crippen LogP) is 1.06. The molecule has 2 heterocycles. The highest BCUT2D eigenvalue weighted by Gasteiger charge is 2.22. The molecule has 2 rings (SSSR count). The van der Waals surface area contributed by atoms with Crippen LogP contribution in [0.25, 0.3) is 0 Å². The minimum absolute atomic E-state index is 0. The molecule has 2 saturated heterocycles. The van der Waals surface area contributed by atoms with Crippen LogP contribution in [0.4, 0.5) is 0 Å². The number of likely N-dealkylation sites (tertiary alicyclic amines) is 1. The van der Waals surface area contributed by atoms with Crippen molar-refractivity contribution in [1.29, 1.82) is 0 Å². The summed E-state index contributed by atoms with van der Waals surface area (Å²) in [5.41, 5.74) is 0. The molecule has 2 fully saturated rings. The normalized spacial score (nSPS) is 23.8. The molecule has 7 heteroatoms. The zero-order valence-electron chi connectivity index (χ0n) is 12.8. The molecule has 2 N–H and O–H groups in total. The molecular weight excluding hydrogens is 313 g/mol. The van der Waals surface area contributed by atoms with Crippen LogP contribution in [0.1, 0.15) is 26.2 Å². The number of morpholine rings is 1. The quantitative estimate of drug-likeness (QED) is 0.784. The standard InChI is InChI=1S/C14H27N3O2.2ClH/c1-2-17-8-4-12(5-9-17)3-6-16-14(18)13-11-19-10-7-15-13;;/h12-13,15H,2-11H2,1H3,(H,16,18);2*1H. The summed E-state index contributed by atoms with van der Waals surface area (Å²) in [6, 6.07) is -0.157. The van der Waals surface area contributed by atoms with E-state index in [1.165, 1.54) is 25.9 Å². The molecule has 0 aromatic heterocycles. The first-order valence-electron chi connectivity index (χ1n) is 7.60. The van der Waals surface area contributed by atoms with Crippen LogP contribution in [0, 0.1) is 5.92 Å². The summed E-state index contributed by atoms with van der Waals surface area (Å²) in [5.74, 6) is 0.865. The van der Waals surface area contributed by atoms with Crippen molar-refractivity contribution < 1.29 is 9.53 Å². The Morgan fingerprint density at radius 2 is 2.05 bits per heavy atom. The van der Waals surface area contributed by atoms with Crippen molar-refractivity contribution in [2.75, 3.05) is 45.9 Å². The second kappa shape index (κ2) is 11.5. The Hall–Kier alpha value is -0.0700. The van der Waals surface area contributed by atoms with E-state index in [0.29, 0.717) is 13.2 Å². The molecule has 21 heavy (non-hydrogen) atoms. The van der Waals surface area contributed by atoms with Gasteiger partial charge < -0.3 is 20.3 Å². The topological polar surface area (TPSA) is 53.6 Å². The number of halogens is 2. The number of rotatable bonds is 5. The van der Waals surface area contributed by atoms with Gasteiger partial charge in [0.05, 0.1) is 13.2 Å². The molecule has 2 aliphatic rings.